The second-order valence-electron chi connectivity index (χ2n) is 4.49. The van der Waals surface area contributed by atoms with Crippen molar-refractivity contribution in [2.75, 3.05) is 0 Å². The van der Waals surface area contributed by atoms with Crippen molar-refractivity contribution >= 4 is 38.4 Å². The molecule has 0 unspecified atom stereocenters. The number of rotatable bonds is 0. The largest absolute Gasteiger partial charge is 0.291 e. The summed E-state index contributed by atoms with van der Waals surface area (Å²) >= 11 is 0. The van der Waals surface area contributed by atoms with Gasteiger partial charge < -0.3 is 0 Å². The molecule has 0 aliphatic rings. The van der Waals surface area contributed by atoms with Gasteiger partial charge in [0.05, 0.1) is 0 Å². The minimum absolute atomic E-state index is 0.420. The molecular formula is C13H6N6. The summed E-state index contributed by atoms with van der Waals surface area (Å²) in [4.78, 5) is 4.52. The van der Waals surface area contributed by atoms with E-state index in [0.29, 0.717) is 5.78 Å². The van der Waals surface area contributed by atoms with E-state index in [2.05, 4.69) is 49.9 Å². The lowest BCUT2D eigenvalue weighted by molar-refractivity contribution is 0.741. The minimum atomic E-state index is 0.420. The Morgan fingerprint density at radius 1 is 0.895 bits per heavy atom. The van der Waals surface area contributed by atoms with E-state index in [1.165, 1.54) is 15.4 Å². The van der Waals surface area contributed by atoms with E-state index >= 15 is 0 Å². The molecule has 0 radical (unpaired) electrons. The average Bonchev–Trinajstić information content (AvgIpc) is 3.02. The third-order valence-corrected chi connectivity index (χ3v) is 3.48. The van der Waals surface area contributed by atoms with Gasteiger partial charge in [-0.25, -0.2) is 4.98 Å². The molecule has 0 atom stereocenters. The van der Waals surface area contributed by atoms with Gasteiger partial charge in [-0.05, 0) is 15.8 Å². The summed E-state index contributed by atoms with van der Waals surface area (Å²) in [7, 11) is 0. The highest BCUT2D eigenvalue weighted by atomic mass is 15.6. The first-order chi connectivity index (χ1) is 9.42. The van der Waals surface area contributed by atoms with Gasteiger partial charge in [-0.2, -0.15) is 0 Å². The second kappa shape index (κ2) is 2.92. The number of fused-ring (bicyclic) bond motifs is 4. The molecule has 2 heterocycles. The van der Waals surface area contributed by atoms with Crippen LogP contribution in [0.2, 0.25) is 0 Å². The van der Waals surface area contributed by atoms with Crippen molar-refractivity contribution in [1.82, 2.24) is 30.2 Å². The zero-order chi connectivity index (χ0) is 12.4. The number of benzene rings is 2. The fourth-order valence-electron chi connectivity index (χ4n) is 2.71. The van der Waals surface area contributed by atoms with Crippen LogP contribution in [-0.4, -0.2) is 30.2 Å². The maximum absolute atomic E-state index is 4.52. The van der Waals surface area contributed by atoms with E-state index in [4.69, 9.17) is 0 Å². The van der Waals surface area contributed by atoms with Crippen molar-refractivity contribution in [3.63, 3.8) is 0 Å². The van der Waals surface area contributed by atoms with Crippen LogP contribution < -0.4 is 0 Å². The highest BCUT2D eigenvalue weighted by Gasteiger charge is 2.15. The lowest BCUT2D eigenvalue weighted by atomic mass is 10.1. The molecule has 0 aliphatic heterocycles. The first-order valence-corrected chi connectivity index (χ1v) is 5.91. The van der Waals surface area contributed by atoms with E-state index in [9.17, 15) is 0 Å². The Hall–Kier alpha value is -2.89. The Morgan fingerprint density at radius 2 is 1.68 bits per heavy atom. The van der Waals surface area contributed by atoms with Crippen molar-refractivity contribution in [2.45, 2.75) is 0 Å². The van der Waals surface area contributed by atoms with Crippen LogP contribution >= 0.6 is 0 Å². The Labute approximate surface area is 106 Å². The minimum Gasteiger partial charge on any atom is -0.206 e. The Bertz CT molecular complexity index is 985. The number of hydrogen-bond donors (Lipinski definition) is 0. The first-order valence-electron chi connectivity index (χ1n) is 5.91. The van der Waals surface area contributed by atoms with Gasteiger partial charge in [0.2, 0.25) is 0 Å². The first kappa shape index (κ1) is 9.09. The SMILES string of the molecule is c1cc2cccc3c4nn5nnnc5nc4c(c1)c23. The van der Waals surface area contributed by atoms with E-state index in [1.807, 2.05) is 12.1 Å². The lowest BCUT2D eigenvalue weighted by Crippen LogP contribution is -1.96. The summed E-state index contributed by atoms with van der Waals surface area (Å²) in [6, 6.07) is 12.4. The molecule has 0 saturated heterocycles. The second-order valence-corrected chi connectivity index (χ2v) is 4.49. The van der Waals surface area contributed by atoms with E-state index in [0.717, 1.165) is 21.8 Å². The molecule has 0 aliphatic carbocycles. The Morgan fingerprint density at radius 3 is 2.53 bits per heavy atom. The van der Waals surface area contributed by atoms with Gasteiger partial charge in [-0.15, -0.1) is 5.10 Å². The Kier molecular flexibility index (Phi) is 1.40. The quantitative estimate of drug-likeness (QED) is 0.417. The van der Waals surface area contributed by atoms with Crippen molar-refractivity contribution < 1.29 is 0 Å². The van der Waals surface area contributed by atoms with E-state index in [1.54, 1.807) is 0 Å². The van der Waals surface area contributed by atoms with Crippen molar-refractivity contribution in [1.29, 1.82) is 0 Å². The fraction of sp³-hybridized carbons (Fsp3) is 0. The van der Waals surface area contributed by atoms with Crippen LogP contribution in [0, 0.1) is 0 Å². The zero-order valence-electron chi connectivity index (χ0n) is 9.65. The monoisotopic (exact) mass is 246 g/mol. The standard InChI is InChI=1S/C13H6N6/c1-3-7-4-2-6-9-10(7)8(5-1)11-12(9)16-19-13(14-11)15-17-18-19/h1-6H. The van der Waals surface area contributed by atoms with Crippen LogP contribution in [-0.2, 0) is 0 Å². The predicted molar refractivity (Wildman–Crippen MR) is 70.1 cm³/mol. The van der Waals surface area contributed by atoms with Gasteiger partial charge in [0.25, 0.3) is 5.78 Å². The van der Waals surface area contributed by atoms with Crippen molar-refractivity contribution in [3.05, 3.63) is 36.4 Å². The Balaban J connectivity index is 2.22. The summed E-state index contributed by atoms with van der Waals surface area (Å²) in [5.74, 6) is 0.420. The molecule has 19 heavy (non-hydrogen) atoms. The predicted octanol–water partition coefficient (Wildman–Crippen LogP) is 1.81. The van der Waals surface area contributed by atoms with Gasteiger partial charge in [-0.1, -0.05) is 46.1 Å². The molecule has 0 saturated carbocycles. The number of aromatic nitrogens is 6. The molecule has 0 bridgehead atoms. The summed E-state index contributed by atoms with van der Waals surface area (Å²) in [5, 5.41) is 20.3. The molecule has 6 nitrogen and oxygen atoms in total. The van der Waals surface area contributed by atoms with Gasteiger partial charge in [-0.3, -0.25) is 0 Å². The van der Waals surface area contributed by atoms with Crippen molar-refractivity contribution in [3.8, 4) is 0 Å². The molecule has 0 amide bonds. The molecule has 6 heteroatoms. The molecule has 0 spiro atoms. The smallest absolute Gasteiger partial charge is 0.206 e. The maximum Gasteiger partial charge on any atom is 0.291 e. The van der Waals surface area contributed by atoms with Crippen LogP contribution in [0.4, 0.5) is 0 Å². The summed E-state index contributed by atoms with van der Waals surface area (Å²) < 4.78 is 1.36. The number of tetrazole rings is 1. The van der Waals surface area contributed by atoms with Crippen molar-refractivity contribution in [2.24, 2.45) is 0 Å². The van der Waals surface area contributed by atoms with Crippen LogP contribution in [0.1, 0.15) is 0 Å². The maximum atomic E-state index is 4.52. The van der Waals surface area contributed by atoms with E-state index < -0.39 is 0 Å². The molecule has 88 valence electrons. The topological polar surface area (TPSA) is 68.9 Å². The molecule has 0 N–H and O–H groups in total. The molecule has 5 rings (SSSR count). The van der Waals surface area contributed by atoms with Crippen LogP contribution in [0.15, 0.2) is 36.4 Å². The zero-order valence-corrected chi connectivity index (χ0v) is 9.65. The summed E-state index contributed by atoms with van der Waals surface area (Å²) in [6.07, 6.45) is 0. The molecule has 5 aromatic rings. The third-order valence-electron chi connectivity index (χ3n) is 3.48. The van der Waals surface area contributed by atoms with Gasteiger partial charge in [0.15, 0.2) is 0 Å². The fourth-order valence-corrected chi connectivity index (χ4v) is 2.71. The van der Waals surface area contributed by atoms with Crippen LogP contribution in [0.25, 0.3) is 38.4 Å². The number of nitrogens with zero attached hydrogens (tertiary/aromatic N) is 6. The molecule has 3 aromatic carbocycles. The van der Waals surface area contributed by atoms with Gasteiger partial charge >= 0.3 is 0 Å². The highest BCUT2D eigenvalue weighted by molar-refractivity contribution is 6.27. The van der Waals surface area contributed by atoms with Gasteiger partial charge in [0.1, 0.15) is 11.0 Å². The highest BCUT2D eigenvalue weighted by Crippen LogP contribution is 2.35. The normalized spacial score (nSPS) is 12.2. The molecular weight excluding hydrogens is 240 g/mol. The van der Waals surface area contributed by atoms with E-state index in [-0.39, 0.29) is 0 Å². The van der Waals surface area contributed by atoms with Crippen LogP contribution in [0.3, 0.4) is 0 Å². The number of hydrogen-bond acceptors (Lipinski definition) is 5. The van der Waals surface area contributed by atoms with Gasteiger partial charge in [0, 0.05) is 16.2 Å². The molecule has 2 aromatic heterocycles. The molecule has 0 fully saturated rings. The lowest BCUT2D eigenvalue weighted by Gasteiger charge is -1.96. The summed E-state index contributed by atoms with van der Waals surface area (Å²) in [5.41, 5.74) is 1.70. The van der Waals surface area contributed by atoms with Crippen LogP contribution in [0.5, 0.6) is 0 Å². The average molecular weight is 246 g/mol. The third kappa shape index (κ3) is 0.994. The summed E-state index contributed by atoms with van der Waals surface area (Å²) in [6.45, 7) is 0.